The summed E-state index contributed by atoms with van der Waals surface area (Å²) in [6, 6.07) is 9.29. The van der Waals surface area contributed by atoms with E-state index in [4.69, 9.17) is 22.8 Å². The maximum atomic E-state index is 12.4. The Balaban J connectivity index is 1.31. The number of nitrogens with zero attached hydrogens (tertiary/aromatic N) is 3. The van der Waals surface area contributed by atoms with E-state index < -0.39 is 23.6 Å². The minimum Gasteiger partial charge on any atom is -0.480 e. The van der Waals surface area contributed by atoms with Crippen molar-refractivity contribution >= 4 is 29.2 Å². The second-order valence-corrected chi connectivity index (χ2v) is 7.82. The summed E-state index contributed by atoms with van der Waals surface area (Å²) in [5.41, 5.74) is -0.122. The molecule has 4 aromatic rings. The van der Waals surface area contributed by atoms with Crippen molar-refractivity contribution in [3.63, 3.8) is 0 Å². The van der Waals surface area contributed by atoms with E-state index in [9.17, 15) is 14.7 Å². The lowest BCUT2D eigenvalue weighted by Gasteiger charge is -2.33. The first kappa shape index (κ1) is 22.2. The van der Waals surface area contributed by atoms with Gasteiger partial charge in [-0.25, -0.2) is 4.79 Å². The van der Waals surface area contributed by atoms with Gasteiger partial charge in [-0.05, 0) is 25.3 Å². The SMILES string of the molecule is Cc1onc(C#Cc2nc3oc(C4(C(=O)O)COC4)nc3o2)c1NC(=O)OC(C)c1ccccc1. The van der Waals surface area contributed by atoms with E-state index in [2.05, 4.69) is 32.3 Å². The summed E-state index contributed by atoms with van der Waals surface area (Å²) in [6.45, 7) is 3.27. The van der Waals surface area contributed by atoms with Crippen molar-refractivity contribution < 1.29 is 37.5 Å². The van der Waals surface area contributed by atoms with Gasteiger partial charge in [0.1, 0.15) is 11.8 Å². The number of carbonyl (C=O) groups is 2. The summed E-state index contributed by atoms with van der Waals surface area (Å²) in [5.74, 6) is 4.50. The van der Waals surface area contributed by atoms with Crippen molar-refractivity contribution in [3.05, 3.63) is 59.1 Å². The minimum atomic E-state index is -1.35. The van der Waals surface area contributed by atoms with Gasteiger partial charge in [0.15, 0.2) is 16.9 Å². The highest BCUT2D eigenvalue weighted by Gasteiger charge is 2.52. The molecule has 4 heterocycles. The van der Waals surface area contributed by atoms with Crippen LogP contribution >= 0.6 is 0 Å². The van der Waals surface area contributed by atoms with E-state index in [0.717, 1.165) is 5.56 Å². The van der Waals surface area contributed by atoms with Gasteiger partial charge in [0.2, 0.25) is 5.89 Å². The number of hydrogen-bond donors (Lipinski definition) is 2. The second kappa shape index (κ2) is 8.62. The van der Waals surface area contributed by atoms with Crippen LogP contribution in [0.3, 0.4) is 0 Å². The van der Waals surface area contributed by atoms with Crippen LogP contribution in [0, 0.1) is 18.8 Å². The van der Waals surface area contributed by atoms with Gasteiger partial charge in [0.25, 0.3) is 17.3 Å². The highest BCUT2D eigenvalue weighted by atomic mass is 16.6. The smallest absolute Gasteiger partial charge is 0.412 e. The van der Waals surface area contributed by atoms with Gasteiger partial charge >= 0.3 is 12.1 Å². The Morgan fingerprint density at radius 3 is 2.54 bits per heavy atom. The number of fused-ring (bicyclic) bond motifs is 1. The van der Waals surface area contributed by atoms with Crippen molar-refractivity contribution in [1.82, 2.24) is 15.1 Å². The third-order valence-corrected chi connectivity index (χ3v) is 5.42. The molecule has 0 aliphatic carbocycles. The van der Waals surface area contributed by atoms with Gasteiger partial charge < -0.3 is 27.9 Å². The predicted molar refractivity (Wildman–Crippen MR) is 116 cm³/mol. The molecule has 1 atom stereocenters. The number of benzene rings is 1. The molecule has 0 bridgehead atoms. The second-order valence-electron chi connectivity index (χ2n) is 7.82. The molecule has 0 saturated carbocycles. The Kier molecular flexibility index (Phi) is 5.46. The highest BCUT2D eigenvalue weighted by Crippen LogP contribution is 2.34. The lowest BCUT2D eigenvalue weighted by Crippen LogP contribution is -2.53. The first-order valence-electron chi connectivity index (χ1n) is 10.5. The number of ether oxygens (including phenoxy) is 2. The summed E-state index contributed by atoms with van der Waals surface area (Å²) >= 11 is 0. The molecular formula is C23H18N4O8. The summed E-state index contributed by atoms with van der Waals surface area (Å²) in [5, 5.41) is 15.9. The molecule has 12 nitrogen and oxygen atoms in total. The van der Waals surface area contributed by atoms with E-state index in [0.29, 0.717) is 5.76 Å². The maximum absolute atomic E-state index is 12.4. The quantitative estimate of drug-likeness (QED) is 0.405. The summed E-state index contributed by atoms with van der Waals surface area (Å²) in [6.07, 6.45) is -1.17. The molecule has 0 radical (unpaired) electrons. The Morgan fingerprint density at radius 2 is 1.89 bits per heavy atom. The lowest BCUT2D eigenvalue weighted by atomic mass is 9.86. The number of amides is 1. The number of carboxylic acid groups (broad SMARTS) is 1. The van der Waals surface area contributed by atoms with Gasteiger partial charge in [-0.15, -0.1) is 0 Å². The van der Waals surface area contributed by atoms with Crippen molar-refractivity contribution in [3.8, 4) is 11.8 Å². The molecular weight excluding hydrogens is 460 g/mol. The van der Waals surface area contributed by atoms with E-state index >= 15 is 0 Å². The van der Waals surface area contributed by atoms with E-state index in [1.54, 1.807) is 13.8 Å². The third kappa shape index (κ3) is 4.09. The number of hydrogen-bond acceptors (Lipinski definition) is 10. The molecule has 1 amide bonds. The zero-order valence-corrected chi connectivity index (χ0v) is 18.5. The highest BCUT2D eigenvalue weighted by molar-refractivity contribution is 5.87. The molecule has 1 fully saturated rings. The molecule has 12 heteroatoms. The van der Waals surface area contributed by atoms with Crippen LogP contribution in [-0.4, -0.2) is 45.5 Å². The van der Waals surface area contributed by atoms with Gasteiger partial charge in [0.05, 0.1) is 13.2 Å². The van der Waals surface area contributed by atoms with Crippen molar-refractivity contribution in [2.24, 2.45) is 0 Å². The Morgan fingerprint density at radius 1 is 1.14 bits per heavy atom. The Labute approximate surface area is 197 Å². The summed E-state index contributed by atoms with van der Waals surface area (Å²) < 4.78 is 26.5. The average molecular weight is 478 g/mol. The van der Waals surface area contributed by atoms with Crippen LogP contribution < -0.4 is 5.32 Å². The van der Waals surface area contributed by atoms with Crippen LogP contribution in [0.5, 0.6) is 0 Å². The third-order valence-electron chi connectivity index (χ3n) is 5.42. The van der Waals surface area contributed by atoms with Gasteiger partial charge in [-0.3, -0.25) is 10.1 Å². The predicted octanol–water partition coefficient (Wildman–Crippen LogP) is 3.17. The molecule has 1 unspecified atom stereocenters. The van der Waals surface area contributed by atoms with Crippen LogP contribution in [0.2, 0.25) is 0 Å². The van der Waals surface area contributed by atoms with Crippen LogP contribution in [0.15, 0.2) is 43.7 Å². The van der Waals surface area contributed by atoms with Crippen molar-refractivity contribution in [1.29, 1.82) is 0 Å². The molecule has 1 aromatic carbocycles. The van der Waals surface area contributed by atoms with Crippen molar-refractivity contribution in [2.75, 3.05) is 18.5 Å². The van der Waals surface area contributed by atoms with Crippen LogP contribution in [0.25, 0.3) is 11.4 Å². The topological polar surface area (TPSA) is 163 Å². The Bertz CT molecular complexity index is 1440. The van der Waals surface area contributed by atoms with Crippen molar-refractivity contribution in [2.45, 2.75) is 25.4 Å². The number of carbonyl (C=O) groups excluding carboxylic acids is 1. The van der Waals surface area contributed by atoms with Crippen LogP contribution in [0.4, 0.5) is 10.5 Å². The first-order chi connectivity index (χ1) is 16.9. The molecule has 35 heavy (non-hydrogen) atoms. The number of aromatic nitrogens is 3. The molecule has 1 saturated heterocycles. The minimum absolute atomic E-state index is 0.00461. The van der Waals surface area contributed by atoms with Gasteiger partial charge in [-0.2, -0.15) is 9.97 Å². The molecule has 178 valence electrons. The molecule has 1 aliphatic heterocycles. The largest absolute Gasteiger partial charge is 0.480 e. The molecule has 2 N–H and O–H groups in total. The fourth-order valence-electron chi connectivity index (χ4n) is 3.35. The first-order valence-corrected chi connectivity index (χ1v) is 10.5. The van der Waals surface area contributed by atoms with E-state index in [1.165, 1.54) is 0 Å². The van der Waals surface area contributed by atoms with E-state index in [1.807, 2.05) is 30.3 Å². The fraction of sp³-hybridized carbons (Fsp3) is 0.261. The molecule has 1 aliphatic rings. The molecule has 5 rings (SSSR count). The standard InChI is InChI=1S/C23H18N4O8/c1-12(14-6-4-3-5-7-14)32-22(30)25-17-13(2)35-27-15(17)8-9-16-24-18-19(33-16)26-20(34-18)23(21(28)29)10-31-11-23/h3-7,12H,10-11H2,1-2H3,(H,25,30)(H,28,29). The normalized spacial score (nSPS) is 15.0. The number of oxazole rings is 2. The van der Waals surface area contributed by atoms with Gasteiger partial charge in [-0.1, -0.05) is 35.5 Å². The summed E-state index contributed by atoms with van der Waals surface area (Å²) in [4.78, 5) is 32.1. The van der Waals surface area contributed by atoms with Crippen LogP contribution in [0.1, 0.15) is 41.8 Å². The van der Waals surface area contributed by atoms with Crippen LogP contribution in [-0.2, 0) is 19.7 Å². The monoisotopic (exact) mass is 478 g/mol. The number of anilines is 1. The fourth-order valence-corrected chi connectivity index (χ4v) is 3.35. The maximum Gasteiger partial charge on any atom is 0.412 e. The number of carboxylic acids is 1. The number of aryl methyl sites for hydroxylation is 1. The Hall–Kier alpha value is -4.63. The number of nitrogens with one attached hydrogen (secondary N) is 1. The lowest BCUT2D eigenvalue weighted by molar-refractivity contribution is -0.165. The number of rotatable bonds is 5. The number of aliphatic carboxylic acids is 1. The zero-order chi connectivity index (χ0) is 24.6. The summed E-state index contributed by atoms with van der Waals surface area (Å²) in [7, 11) is 0. The zero-order valence-electron chi connectivity index (χ0n) is 18.5. The average Bonchev–Trinajstić information content (AvgIpc) is 3.46. The van der Waals surface area contributed by atoms with Gasteiger partial charge in [0, 0.05) is 5.92 Å². The van der Waals surface area contributed by atoms with E-state index in [-0.39, 0.29) is 47.8 Å². The molecule has 0 spiro atoms. The molecule has 3 aromatic heterocycles.